The first-order valence-electron chi connectivity index (χ1n) is 8.80. The van der Waals surface area contributed by atoms with Crippen molar-refractivity contribution in [1.29, 1.82) is 0 Å². The van der Waals surface area contributed by atoms with E-state index in [1.165, 1.54) is 18.1 Å². The molecule has 1 aromatic rings. The molecule has 3 aliphatic carbocycles. The first-order chi connectivity index (χ1) is 12.3. The first-order valence-corrected chi connectivity index (χ1v) is 10.3. The molecule has 7 heteroatoms. The minimum Gasteiger partial charge on any atom is -0.460 e. The fraction of sp³-hybridized carbons (Fsp3) is 0.474. The van der Waals surface area contributed by atoms with Crippen LogP contribution in [0.15, 0.2) is 45.8 Å². The summed E-state index contributed by atoms with van der Waals surface area (Å²) in [7, 11) is -3.59. The van der Waals surface area contributed by atoms with E-state index in [2.05, 4.69) is 29.6 Å². The maximum absolute atomic E-state index is 12.1. The van der Waals surface area contributed by atoms with E-state index in [4.69, 9.17) is 4.74 Å². The summed E-state index contributed by atoms with van der Waals surface area (Å²) in [6, 6.07) is 6.57. The first kappa shape index (κ1) is 17.3. The zero-order chi connectivity index (χ0) is 18.5. The van der Waals surface area contributed by atoms with Crippen molar-refractivity contribution in [1.82, 2.24) is 4.72 Å². The number of allylic oxidation sites excluding steroid dienone is 1. The van der Waals surface area contributed by atoms with Crippen molar-refractivity contribution in [2.75, 3.05) is 13.2 Å². The van der Waals surface area contributed by atoms with Crippen molar-refractivity contribution in [3.05, 3.63) is 41.5 Å². The van der Waals surface area contributed by atoms with Crippen molar-refractivity contribution < 1.29 is 17.9 Å². The number of fused-ring (bicyclic) bond motifs is 2. The van der Waals surface area contributed by atoms with Gasteiger partial charge in [-0.3, -0.25) is 14.5 Å². The Labute approximate surface area is 153 Å². The zero-order valence-corrected chi connectivity index (χ0v) is 15.7. The summed E-state index contributed by atoms with van der Waals surface area (Å²) in [5, 5.41) is 0. The Morgan fingerprint density at radius 3 is 2.85 bits per heavy atom. The van der Waals surface area contributed by atoms with Gasteiger partial charge in [0.15, 0.2) is 0 Å². The van der Waals surface area contributed by atoms with E-state index < -0.39 is 16.0 Å². The van der Waals surface area contributed by atoms with Crippen LogP contribution in [0, 0.1) is 17.3 Å². The number of nitrogens with zero attached hydrogens (tertiary/aromatic N) is 1. The van der Waals surface area contributed by atoms with Crippen LogP contribution in [0.25, 0.3) is 0 Å². The second-order valence-corrected chi connectivity index (χ2v) is 9.40. The minimum atomic E-state index is -3.59. The maximum atomic E-state index is 12.1. The largest absolute Gasteiger partial charge is 0.460 e. The summed E-state index contributed by atoms with van der Waals surface area (Å²) < 4.78 is 31.8. The zero-order valence-electron chi connectivity index (χ0n) is 14.9. The number of ether oxygens (including phenoxy) is 1. The Kier molecular flexibility index (Phi) is 3.95. The number of benzene rings is 1. The number of aliphatic imine (C=N–C) groups is 1. The van der Waals surface area contributed by atoms with Crippen molar-refractivity contribution in [2.24, 2.45) is 22.2 Å². The summed E-state index contributed by atoms with van der Waals surface area (Å²) >= 11 is 0. The lowest BCUT2D eigenvalue weighted by Crippen LogP contribution is -2.48. The van der Waals surface area contributed by atoms with Gasteiger partial charge in [0, 0.05) is 5.56 Å². The smallest absolute Gasteiger partial charge is 0.328 e. The lowest BCUT2D eigenvalue weighted by Gasteiger charge is -2.56. The van der Waals surface area contributed by atoms with Gasteiger partial charge in [-0.05, 0) is 47.8 Å². The van der Waals surface area contributed by atoms with E-state index in [9.17, 15) is 13.2 Å². The highest BCUT2D eigenvalue weighted by Crippen LogP contribution is 2.59. The second-order valence-electron chi connectivity index (χ2n) is 7.75. The van der Waals surface area contributed by atoms with Crippen LogP contribution in [0.2, 0.25) is 0 Å². The van der Waals surface area contributed by atoms with Crippen molar-refractivity contribution in [3.63, 3.8) is 0 Å². The molecular formula is C19H22N2O4S. The Morgan fingerprint density at radius 1 is 1.35 bits per heavy atom. The Morgan fingerprint density at radius 2 is 2.12 bits per heavy atom. The van der Waals surface area contributed by atoms with Gasteiger partial charge in [0.1, 0.15) is 19.0 Å². The Balaban J connectivity index is 1.38. The molecular weight excluding hydrogens is 352 g/mol. The number of esters is 1. The normalized spacial score (nSPS) is 28.5. The molecule has 0 amide bonds. The lowest BCUT2D eigenvalue weighted by atomic mass is 9.49. The van der Waals surface area contributed by atoms with E-state index in [1.807, 2.05) is 0 Å². The SMILES string of the molecule is CC1(C)[C@H]2CC=C(COC(=O)CN=C3NS(=O)(=O)c4ccccc43)[C@@H]1C2. The van der Waals surface area contributed by atoms with Gasteiger partial charge in [-0.15, -0.1) is 0 Å². The molecule has 0 spiro atoms. The molecule has 1 saturated carbocycles. The topological polar surface area (TPSA) is 84.8 Å². The Hall–Kier alpha value is -2.15. The quantitative estimate of drug-likeness (QED) is 0.647. The summed E-state index contributed by atoms with van der Waals surface area (Å²) in [6.45, 7) is 4.63. The molecule has 0 radical (unpaired) electrons. The summed E-state index contributed by atoms with van der Waals surface area (Å²) in [4.78, 5) is 16.4. The van der Waals surface area contributed by atoms with Gasteiger partial charge in [-0.2, -0.15) is 0 Å². The molecule has 1 fully saturated rings. The van der Waals surface area contributed by atoms with E-state index >= 15 is 0 Å². The third-order valence-corrected chi connectivity index (χ3v) is 7.41. The predicted molar refractivity (Wildman–Crippen MR) is 97.2 cm³/mol. The van der Waals surface area contributed by atoms with Crippen LogP contribution in [-0.4, -0.2) is 33.4 Å². The van der Waals surface area contributed by atoms with Gasteiger partial charge in [0.05, 0.1) is 4.90 Å². The van der Waals surface area contributed by atoms with Crippen molar-refractivity contribution >= 4 is 21.8 Å². The molecule has 6 nitrogen and oxygen atoms in total. The van der Waals surface area contributed by atoms with Crippen LogP contribution in [0.5, 0.6) is 0 Å². The highest BCUT2D eigenvalue weighted by molar-refractivity contribution is 7.90. The van der Waals surface area contributed by atoms with Gasteiger partial charge in [-0.25, -0.2) is 8.42 Å². The number of amidine groups is 1. The van der Waals surface area contributed by atoms with Gasteiger partial charge in [0.25, 0.3) is 10.0 Å². The molecule has 2 atom stereocenters. The van der Waals surface area contributed by atoms with Gasteiger partial charge < -0.3 is 4.74 Å². The maximum Gasteiger partial charge on any atom is 0.328 e. The van der Waals surface area contributed by atoms with Crippen LogP contribution in [0.3, 0.4) is 0 Å². The van der Waals surface area contributed by atoms with E-state index in [-0.39, 0.29) is 17.3 Å². The van der Waals surface area contributed by atoms with E-state index in [1.54, 1.807) is 18.2 Å². The average Bonchev–Trinajstić information content (AvgIpc) is 2.89. The summed E-state index contributed by atoms with van der Waals surface area (Å²) in [6.07, 6.45) is 4.43. The molecule has 0 unspecified atom stereocenters. The lowest BCUT2D eigenvalue weighted by molar-refractivity contribution is -0.141. The van der Waals surface area contributed by atoms with E-state index in [0.717, 1.165) is 12.3 Å². The monoisotopic (exact) mass is 374 g/mol. The van der Waals surface area contributed by atoms with E-state index in [0.29, 0.717) is 23.5 Å². The molecule has 4 aliphatic rings. The number of hydrogen-bond donors (Lipinski definition) is 1. The van der Waals surface area contributed by atoms with Gasteiger partial charge >= 0.3 is 5.97 Å². The molecule has 1 aromatic carbocycles. The molecule has 5 rings (SSSR count). The van der Waals surface area contributed by atoms with Crippen molar-refractivity contribution in [3.8, 4) is 0 Å². The van der Waals surface area contributed by atoms with Crippen LogP contribution in [0.1, 0.15) is 32.3 Å². The fourth-order valence-corrected chi connectivity index (χ4v) is 5.50. The molecule has 26 heavy (non-hydrogen) atoms. The molecule has 2 bridgehead atoms. The van der Waals surface area contributed by atoms with Crippen LogP contribution >= 0.6 is 0 Å². The number of carbonyl (C=O) groups excluding carboxylic acids is 1. The second kappa shape index (κ2) is 5.94. The molecule has 1 N–H and O–H groups in total. The van der Waals surface area contributed by atoms with Crippen LogP contribution < -0.4 is 4.72 Å². The van der Waals surface area contributed by atoms with Crippen LogP contribution in [-0.2, 0) is 19.6 Å². The molecule has 0 saturated heterocycles. The fourth-order valence-electron chi connectivity index (χ4n) is 4.24. The Bertz CT molecular complexity index is 931. The van der Waals surface area contributed by atoms with Crippen molar-refractivity contribution in [2.45, 2.75) is 31.6 Å². The van der Waals surface area contributed by atoms with Crippen LogP contribution in [0.4, 0.5) is 0 Å². The molecule has 0 aromatic heterocycles. The number of rotatable bonds is 4. The number of nitrogens with one attached hydrogen (secondary N) is 1. The molecule has 1 heterocycles. The van der Waals surface area contributed by atoms with Gasteiger partial charge in [0.2, 0.25) is 0 Å². The third-order valence-electron chi connectivity index (χ3n) is 6.01. The standard InChI is InChI=1S/C19H22N2O4S/c1-19(2)13-8-7-12(15(19)9-13)11-25-17(22)10-20-18-14-5-3-4-6-16(14)26(23,24)21-18/h3-7,13,15H,8-11H2,1-2H3,(H,20,21)/t13-,15-/m0/s1. The van der Waals surface area contributed by atoms with Gasteiger partial charge in [-0.1, -0.05) is 32.1 Å². The summed E-state index contributed by atoms with van der Waals surface area (Å²) in [5.74, 6) is 0.973. The molecule has 1 aliphatic heterocycles. The average molecular weight is 374 g/mol. The minimum absolute atomic E-state index is 0.182. The number of sulfonamides is 1. The highest BCUT2D eigenvalue weighted by atomic mass is 32.2. The number of hydrogen-bond acceptors (Lipinski definition) is 5. The number of carbonyl (C=O) groups is 1. The highest BCUT2D eigenvalue weighted by Gasteiger charge is 2.51. The molecule has 138 valence electrons. The summed E-state index contributed by atoms with van der Waals surface area (Å²) in [5.41, 5.74) is 1.98. The predicted octanol–water partition coefficient (Wildman–Crippen LogP) is 2.26. The third kappa shape index (κ3) is 2.74.